The monoisotopic (exact) mass is 480 g/mol. The molecule has 3 aromatic rings. The van der Waals surface area contributed by atoms with Crippen molar-refractivity contribution in [3.8, 4) is 22.8 Å². The fourth-order valence-corrected chi connectivity index (χ4v) is 3.99. The largest absolute Gasteiger partial charge is 0.490 e. The third kappa shape index (κ3) is 6.68. The molecule has 1 heterocycles. The number of ether oxygens (including phenoxy) is 3. The number of amides is 1. The maximum Gasteiger partial charge on any atom is 0.350 e. The van der Waals surface area contributed by atoms with Gasteiger partial charge in [0.2, 0.25) is 0 Å². The molecule has 1 N–H and O–H groups in total. The Balaban J connectivity index is 1.84. The highest BCUT2D eigenvalue weighted by molar-refractivity contribution is 7.15. The number of nitrogens with zero attached hydrogens (tertiary/aromatic N) is 1. The molecule has 34 heavy (non-hydrogen) atoms. The van der Waals surface area contributed by atoms with Gasteiger partial charge in [-0.3, -0.25) is 4.79 Å². The summed E-state index contributed by atoms with van der Waals surface area (Å²) >= 11 is 1.28. The van der Waals surface area contributed by atoms with Gasteiger partial charge in [0.25, 0.3) is 5.91 Å². The van der Waals surface area contributed by atoms with E-state index >= 15 is 0 Å². The van der Waals surface area contributed by atoms with Gasteiger partial charge in [-0.1, -0.05) is 42.5 Å². The minimum atomic E-state index is -0.384. The van der Waals surface area contributed by atoms with E-state index < -0.39 is 0 Å². The topological polar surface area (TPSA) is 86.8 Å². The smallest absolute Gasteiger partial charge is 0.350 e. The number of hydrogen-bond acceptors (Lipinski definition) is 7. The molecule has 2 aromatic carbocycles. The highest BCUT2D eigenvalue weighted by atomic mass is 32.1. The van der Waals surface area contributed by atoms with E-state index in [1.807, 2.05) is 68.5 Å². The maximum absolute atomic E-state index is 12.5. The number of rotatable bonds is 11. The highest BCUT2D eigenvalue weighted by Gasteiger charge is 2.19. The van der Waals surface area contributed by atoms with Gasteiger partial charge in [-0.15, -0.1) is 11.3 Å². The van der Waals surface area contributed by atoms with Gasteiger partial charge >= 0.3 is 5.97 Å². The first-order valence-corrected chi connectivity index (χ1v) is 11.9. The molecule has 3 rings (SSSR count). The number of carbonyl (C=O) groups excluding carboxylic acids is 2. The number of nitrogens with one attached hydrogen (secondary N) is 1. The van der Waals surface area contributed by atoms with Gasteiger partial charge in [0.15, 0.2) is 18.1 Å². The van der Waals surface area contributed by atoms with Crippen molar-refractivity contribution in [2.45, 2.75) is 20.8 Å². The van der Waals surface area contributed by atoms with Crippen LogP contribution in [0.15, 0.2) is 48.5 Å². The first-order chi connectivity index (χ1) is 16.5. The van der Waals surface area contributed by atoms with E-state index in [0.717, 1.165) is 11.1 Å². The van der Waals surface area contributed by atoms with E-state index in [1.165, 1.54) is 11.3 Å². The lowest BCUT2D eigenvalue weighted by Crippen LogP contribution is -2.28. The van der Waals surface area contributed by atoms with Crippen LogP contribution in [0.5, 0.6) is 11.5 Å². The molecule has 178 valence electrons. The van der Waals surface area contributed by atoms with Crippen LogP contribution in [0.1, 0.15) is 41.0 Å². The molecule has 0 bridgehead atoms. The van der Waals surface area contributed by atoms with Gasteiger partial charge in [-0.25, -0.2) is 9.78 Å². The molecule has 0 aliphatic rings. The standard InChI is InChI=1S/C26H28N2O5S/c1-4-27-22(29)17-33-20-14-12-18(16-21(20)31-5-2)13-15-23-28-24(19-10-8-7-9-11-19)25(34-23)26(30)32-6-3/h7-16H,4-6,17H2,1-3H3,(H,27,29). The molecule has 0 spiro atoms. The Labute approximate surface area is 203 Å². The summed E-state index contributed by atoms with van der Waals surface area (Å²) in [5.74, 6) is 0.468. The number of carbonyl (C=O) groups is 2. The molecule has 0 radical (unpaired) electrons. The Kier molecular flexibility index (Phi) is 9.22. The quantitative estimate of drug-likeness (QED) is 0.386. The Morgan fingerprint density at radius 2 is 1.76 bits per heavy atom. The van der Waals surface area contributed by atoms with Crippen molar-refractivity contribution in [2.75, 3.05) is 26.4 Å². The number of esters is 1. The molecule has 8 heteroatoms. The first-order valence-electron chi connectivity index (χ1n) is 11.1. The van der Waals surface area contributed by atoms with Crippen LogP contribution < -0.4 is 14.8 Å². The predicted molar refractivity (Wildman–Crippen MR) is 134 cm³/mol. The van der Waals surface area contributed by atoms with Crippen LogP contribution in [0.4, 0.5) is 0 Å². The molecule has 1 amide bonds. The molecular formula is C26H28N2O5S. The van der Waals surface area contributed by atoms with Gasteiger partial charge < -0.3 is 19.5 Å². The SMILES string of the molecule is CCNC(=O)COc1ccc(C=Cc2nc(-c3ccccc3)c(C(=O)OCC)s2)cc1OCC. The van der Waals surface area contributed by atoms with Crippen molar-refractivity contribution in [2.24, 2.45) is 0 Å². The molecule has 7 nitrogen and oxygen atoms in total. The van der Waals surface area contributed by atoms with Gasteiger partial charge in [0, 0.05) is 12.1 Å². The zero-order valence-electron chi connectivity index (χ0n) is 19.5. The van der Waals surface area contributed by atoms with Crippen LogP contribution in [-0.2, 0) is 9.53 Å². The summed E-state index contributed by atoms with van der Waals surface area (Å²) in [6, 6.07) is 15.0. The van der Waals surface area contributed by atoms with Crippen molar-refractivity contribution in [3.63, 3.8) is 0 Å². The summed E-state index contributed by atoms with van der Waals surface area (Å²) in [7, 11) is 0. The summed E-state index contributed by atoms with van der Waals surface area (Å²) in [4.78, 5) is 29.3. The highest BCUT2D eigenvalue weighted by Crippen LogP contribution is 2.32. The minimum Gasteiger partial charge on any atom is -0.490 e. The van der Waals surface area contributed by atoms with E-state index in [4.69, 9.17) is 14.2 Å². The Morgan fingerprint density at radius 3 is 2.47 bits per heavy atom. The van der Waals surface area contributed by atoms with Crippen LogP contribution in [0.25, 0.3) is 23.4 Å². The number of thiazole rings is 1. The number of likely N-dealkylation sites (N-methyl/N-ethyl adjacent to an activating group) is 1. The minimum absolute atomic E-state index is 0.0822. The van der Waals surface area contributed by atoms with E-state index in [9.17, 15) is 9.59 Å². The van der Waals surface area contributed by atoms with Crippen molar-refractivity contribution in [1.82, 2.24) is 10.3 Å². The van der Waals surface area contributed by atoms with Gasteiger partial charge in [0.1, 0.15) is 9.88 Å². The zero-order chi connectivity index (χ0) is 24.3. The Hall–Kier alpha value is -3.65. The van der Waals surface area contributed by atoms with Crippen LogP contribution >= 0.6 is 11.3 Å². The van der Waals surface area contributed by atoms with E-state index in [-0.39, 0.29) is 18.5 Å². The molecule has 0 saturated carbocycles. The molecule has 0 fully saturated rings. The average molecular weight is 481 g/mol. The van der Waals surface area contributed by atoms with E-state index in [0.29, 0.717) is 46.8 Å². The second-order valence-electron chi connectivity index (χ2n) is 7.03. The third-order valence-corrected chi connectivity index (χ3v) is 5.57. The maximum atomic E-state index is 12.5. The summed E-state index contributed by atoms with van der Waals surface area (Å²) in [6.07, 6.45) is 3.73. The molecule has 0 atom stereocenters. The van der Waals surface area contributed by atoms with Gasteiger partial charge in [-0.2, -0.15) is 0 Å². The molecule has 0 aliphatic carbocycles. The lowest BCUT2D eigenvalue weighted by Gasteiger charge is -2.12. The summed E-state index contributed by atoms with van der Waals surface area (Å²) in [6.45, 7) is 6.73. The summed E-state index contributed by atoms with van der Waals surface area (Å²) in [5.41, 5.74) is 2.32. The van der Waals surface area contributed by atoms with E-state index in [1.54, 1.807) is 13.0 Å². The van der Waals surface area contributed by atoms with Crippen LogP contribution in [0, 0.1) is 0 Å². The fourth-order valence-electron chi connectivity index (χ4n) is 3.11. The molecule has 0 unspecified atom stereocenters. The van der Waals surface area contributed by atoms with Gasteiger partial charge in [-0.05, 0) is 44.5 Å². The predicted octanol–water partition coefficient (Wildman–Crippen LogP) is 5.07. The summed E-state index contributed by atoms with van der Waals surface area (Å²) < 4.78 is 16.5. The van der Waals surface area contributed by atoms with Crippen molar-refractivity contribution < 1.29 is 23.8 Å². The average Bonchev–Trinajstić information content (AvgIpc) is 3.28. The second kappa shape index (κ2) is 12.6. The third-order valence-electron chi connectivity index (χ3n) is 4.57. The van der Waals surface area contributed by atoms with E-state index in [2.05, 4.69) is 10.3 Å². The molecular weight excluding hydrogens is 452 g/mol. The number of aromatic nitrogens is 1. The lowest BCUT2D eigenvalue weighted by atomic mass is 10.1. The van der Waals surface area contributed by atoms with Crippen molar-refractivity contribution in [1.29, 1.82) is 0 Å². The first kappa shape index (κ1) is 25.0. The number of hydrogen-bond donors (Lipinski definition) is 1. The normalized spacial score (nSPS) is 10.8. The van der Waals surface area contributed by atoms with Gasteiger partial charge in [0.05, 0.1) is 18.9 Å². The van der Waals surface area contributed by atoms with Crippen LogP contribution in [-0.4, -0.2) is 43.2 Å². The summed E-state index contributed by atoms with van der Waals surface area (Å²) in [5, 5.41) is 3.37. The lowest BCUT2D eigenvalue weighted by molar-refractivity contribution is -0.123. The van der Waals surface area contributed by atoms with Crippen molar-refractivity contribution in [3.05, 3.63) is 64.0 Å². The Morgan fingerprint density at radius 1 is 0.971 bits per heavy atom. The molecule has 1 aromatic heterocycles. The second-order valence-corrected chi connectivity index (χ2v) is 8.06. The van der Waals surface area contributed by atoms with Crippen LogP contribution in [0.3, 0.4) is 0 Å². The molecule has 0 saturated heterocycles. The zero-order valence-corrected chi connectivity index (χ0v) is 20.3. The van der Waals surface area contributed by atoms with Crippen molar-refractivity contribution >= 4 is 35.4 Å². The fraction of sp³-hybridized carbons (Fsp3) is 0.269. The number of benzene rings is 2. The van der Waals surface area contributed by atoms with Crippen LogP contribution in [0.2, 0.25) is 0 Å². The Bertz CT molecular complexity index is 1140. The molecule has 0 aliphatic heterocycles.